The maximum absolute atomic E-state index is 12.0. The number of hydrogen-bond donors (Lipinski definition) is 1. The van der Waals surface area contributed by atoms with Gasteiger partial charge < -0.3 is 14.8 Å². The zero-order valence-corrected chi connectivity index (χ0v) is 13.7. The van der Waals surface area contributed by atoms with Crippen molar-refractivity contribution in [3.8, 4) is 5.75 Å². The molecule has 0 unspecified atom stereocenters. The molecule has 0 fully saturated rings. The summed E-state index contributed by atoms with van der Waals surface area (Å²) < 4.78 is 9.97. The summed E-state index contributed by atoms with van der Waals surface area (Å²) in [4.78, 5) is 23.9. The number of nitrogens with one attached hydrogen (secondary N) is 1. The molecule has 1 N–H and O–H groups in total. The van der Waals surface area contributed by atoms with Gasteiger partial charge in [-0.2, -0.15) is 0 Å². The van der Waals surface area contributed by atoms with Gasteiger partial charge in [0.15, 0.2) is 5.78 Å². The summed E-state index contributed by atoms with van der Waals surface area (Å²) in [5.41, 5.74) is 0.553. The molecule has 0 atom stereocenters. The Morgan fingerprint density at radius 2 is 1.87 bits per heavy atom. The Balaban J connectivity index is 1.81. The SMILES string of the molecule is COCc1nnc(NC(=O)CCC(=O)c2ccc(OC)cc2)s1. The van der Waals surface area contributed by atoms with Crippen molar-refractivity contribution in [2.75, 3.05) is 19.5 Å². The van der Waals surface area contributed by atoms with Gasteiger partial charge in [-0.15, -0.1) is 10.2 Å². The average molecular weight is 335 g/mol. The van der Waals surface area contributed by atoms with Crippen LogP contribution in [0, 0.1) is 0 Å². The van der Waals surface area contributed by atoms with E-state index in [0.717, 1.165) is 0 Å². The minimum Gasteiger partial charge on any atom is -0.497 e. The molecule has 0 saturated carbocycles. The molecule has 0 spiro atoms. The lowest BCUT2D eigenvalue weighted by Crippen LogP contribution is -2.13. The zero-order chi connectivity index (χ0) is 16.7. The fourth-order valence-electron chi connectivity index (χ4n) is 1.82. The fourth-order valence-corrected chi connectivity index (χ4v) is 2.54. The second kappa shape index (κ2) is 8.35. The Morgan fingerprint density at radius 3 is 2.52 bits per heavy atom. The number of rotatable bonds is 8. The number of methoxy groups -OCH3 is 2. The molecule has 0 aliphatic carbocycles. The molecule has 8 heteroatoms. The number of ketones is 1. The van der Waals surface area contributed by atoms with E-state index in [0.29, 0.717) is 28.1 Å². The molecule has 0 aliphatic rings. The topological polar surface area (TPSA) is 90.4 Å². The van der Waals surface area contributed by atoms with Crippen molar-refractivity contribution >= 4 is 28.2 Å². The van der Waals surface area contributed by atoms with E-state index in [1.54, 1.807) is 38.5 Å². The molecule has 0 bridgehead atoms. The molecular formula is C15H17N3O4S. The standard InChI is InChI=1S/C15H17N3O4S/c1-21-9-14-17-18-15(23-14)16-13(20)8-7-12(19)10-3-5-11(22-2)6-4-10/h3-6H,7-9H2,1-2H3,(H,16,18,20). The van der Waals surface area contributed by atoms with Gasteiger partial charge in [-0.1, -0.05) is 11.3 Å². The number of anilines is 1. The van der Waals surface area contributed by atoms with Gasteiger partial charge in [0.25, 0.3) is 0 Å². The summed E-state index contributed by atoms with van der Waals surface area (Å²) in [5.74, 6) is 0.314. The van der Waals surface area contributed by atoms with Gasteiger partial charge in [0.05, 0.1) is 7.11 Å². The van der Waals surface area contributed by atoms with Gasteiger partial charge in [-0.25, -0.2) is 0 Å². The highest BCUT2D eigenvalue weighted by Crippen LogP contribution is 2.17. The maximum Gasteiger partial charge on any atom is 0.226 e. The van der Waals surface area contributed by atoms with Crippen LogP contribution in [0.25, 0.3) is 0 Å². The third kappa shape index (κ3) is 5.11. The van der Waals surface area contributed by atoms with E-state index < -0.39 is 0 Å². The monoisotopic (exact) mass is 335 g/mol. The molecule has 1 aromatic carbocycles. The number of aromatic nitrogens is 2. The molecular weight excluding hydrogens is 318 g/mol. The van der Waals surface area contributed by atoms with E-state index in [9.17, 15) is 9.59 Å². The van der Waals surface area contributed by atoms with E-state index in [2.05, 4.69) is 15.5 Å². The molecule has 0 radical (unpaired) electrons. The van der Waals surface area contributed by atoms with Crippen LogP contribution >= 0.6 is 11.3 Å². The molecule has 0 aliphatic heterocycles. The van der Waals surface area contributed by atoms with Gasteiger partial charge in [-0.3, -0.25) is 9.59 Å². The Morgan fingerprint density at radius 1 is 1.13 bits per heavy atom. The fraction of sp³-hybridized carbons (Fsp3) is 0.333. The highest BCUT2D eigenvalue weighted by atomic mass is 32.1. The quantitative estimate of drug-likeness (QED) is 0.744. The van der Waals surface area contributed by atoms with E-state index in [4.69, 9.17) is 9.47 Å². The van der Waals surface area contributed by atoms with Crippen molar-refractivity contribution in [1.82, 2.24) is 10.2 Å². The lowest BCUT2D eigenvalue weighted by Gasteiger charge is -2.03. The Labute approximate surface area is 137 Å². The van der Waals surface area contributed by atoms with Crippen molar-refractivity contribution < 1.29 is 19.1 Å². The van der Waals surface area contributed by atoms with Crippen LogP contribution in [0.2, 0.25) is 0 Å². The predicted octanol–water partition coefficient (Wildman–Crippen LogP) is 2.29. The number of carbonyl (C=O) groups excluding carboxylic acids is 2. The highest BCUT2D eigenvalue weighted by Gasteiger charge is 2.12. The number of amides is 1. The molecule has 23 heavy (non-hydrogen) atoms. The van der Waals surface area contributed by atoms with Crippen LogP contribution in [0.5, 0.6) is 5.75 Å². The van der Waals surface area contributed by atoms with Crippen LogP contribution in [0.15, 0.2) is 24.3 Å². The Bertz CT molecular complexity index is 670. The third-order valence-corrected chi connectivity index (χ3v) is 3.78. The first-order valence-corrected chi connectivity index (χ1v) is 7.72. The smallest absolute Gasteiger partial charge is 0.226 e. The van der Waals surface area contributed by atoms with Gasteiger partial charge in [0.2, 0.25) is 11.0 Å². The second-order valence-corrected chi connectivity index (χ2v) is 5.70. The number of nitrogens with zero attached hydrogens (tertiary/aromatic N) is 2. The summed E-state index contributed by atoms with van der Waals surface area (Å²) >= 11 is 1.24. The summed E-state index contributed by atoms with van der Waals surface area (Å²) in [6.07, 6.45) is 0.214. The van der Waals surface area contributed by atoms with Crippen LogP contribution in [0.3, 0.4) is 0 Å². The van der Waals surface area contributed by atoms with Crippen molar-refractivity contribution in [2.24, 2.45) is 0 Å². The predicted molar refractivity (Wildman–Crippen MR) is 85.8 cm³/mol. The van der Waals surface area contributed by atoms with E-state index in [-0.39, 0.29) is 24.5 Å². The second-order valence-electron chi connectivity index (χ2n) is 4.63. The van der Waals surface area contributed by atoms with Crippen molar-refractivity contribution in [3.63, 3.8) is 0 Å². The highest BCUT2D eigenvalue weighted by molar-refractivity contribution is 7.15. The number of ether oxygens (including phenoxy) is 2. The van der Waals surface area contributed by atoms with E-state index in [1.165, 1.54) is 11.3 Å². The third-order valence-electron chi connectivity index (χ3n) is 2.97. The largest absolute Gasteiger partial charge is 0.497 e. The first-order valence-electron chi connectivity index (χ1n) is 6.91. The van der Waals surface area contributed by atoms with E-state index >= 15 is 0 Å². The van der Waals surface area contributed by atoms with Crippen molar-refractivity contribution in [3.05, 3.63) is 34.8 Å². The van der Waals surface area contributed by atoms with Gasteiger partial charge in [0, 0.05) is 25.5 Å². The lowest BCUT2D eigenvalue weighted by molar-refractivity contribution is -0.116. The Hall–Kier alpha value is -2.32. The molecule has 2 rings (SSSR count). The van der Waals surface area contributed by atoms with Crippen LogP contribution < -0.4 is 10.1 Å². The summed E-state index contributed by atoms with van der Waals surface area (Å²) in [6, 6.07) is 6.79. The first kappa shape index (κ1) is 17.0. The summed E-state index contributed by atoms with van der Waals surface area (Å²) in [6.45, 7) is 0.351. The molecule has 1 aromatic heterocycles. The number of Topliss-reactive ketones (excluding diaryl/α,β-unsaturated/α-hetero) is 1. The van der Waals surface area contributed by atoms with Crippen molar-refractivity contribution in [2.45, 2.75) is 19.4 Å². The van der Waals surface area contributed by atoms with Crippen LogP contribution in [0.1, 0.15) is 28.2 Å². The summed E-state index contributed by atoms with van der Waals surface area (Å²) in [7, 11) is 3.12. The minimum absolute atomic E-state index is 0.0874. The first-order chi connectivity index (χ1) is 11.1. The van der Waals surface area contributed by atoms with Crippen LogP contribution in [0.4, 0.5) is 5.13 Å². The zero-order valence-electron chi connectivity index (χ0n) is 12.9. The molecule has 1 heterocycles. The van der Waals surface area contributed by atoms with Gasteiger partial charge in [-0.05, 0) is 24.3 Å². The number of benzene rings is 1. The maximum atomic E-state index is 12.0. The number of hydrogen-bond acceptors (Lipinski definition) is 7. The van der Waals surface area contributed by atoms with E-state index in [1.807, 2.05) is 0 Å². The normalized spacial score (nSPS) is 10.3. The molecule has 7 nitrogen and oxygen atoms in total. The number of carbonyl (C=O) groups is 2. The molecule has 2 aromatic rings. The van der Waals surface area contributed by atoms with Crippen LogP contribution in [-0.2, 0) is 16.1 Å². The molecule has 1 amide bonds. The van der Waals surface area contributed by atoms with Crippen molar-refractivity contribution in [1.29, 1.82) is 0 Å². The van der Waals surface area contributed by atoms with Gasteiger partial charge >= 0.3 is 0 Å². The average Bonchev–Trinajstić information content (AvgIpc) is 3.00. The van der Waals surface area contributed by atoms with Crippen LogP contribution in [-0.4, -0.2) is 36.1 Å². The Kier molecular flexibility index (Phi) is 6.19. The molecule has 122 valence electrons. The van der Waals surface area contributed by atoms with Gasteiger partial charge in [0.1, 0.15) is 17.4 Å². The minimum atomic E-state index is -0.271. The lowest BCUT2D eigenvalue weighted by atomic mass is 10.1. The molecule has 0 saturated heterocycles. The summed E-state index contributed by atoms with van der Waals surface area (Å²) in [5, 5.41) is 11.4.